The second-order valence-corrected chi connectivity index (χ2v) is 6.61. The SMILES string of the molecule is COc1ccccc1CNC(=O)[C@H]1CC(=O)N(c2ccc(OCC(=O)O)cc2)C1. The van der Waals surface area contributed by atoms with Gasteiger partial charge in [0, 0.05) is 30.8 Å². The molecule has 0 aromatic heterocycles. The lowest BCUT2D eigenvalue weighted by Gasteiger charge is -2.17. The largest absolute Gasteiger partial charge is 0.496 e. The predicted octanol–water partition coefficient (Wildman–Crippen LogP) is 1.83. The van der Waals surface area contributed by atoms with Gasteiger partial charge in [0.1, 0.15) is 11.5 Å². The zero-order valence-corrected chi connectivity index (χ0v) is 16.0. The van der Waals surface area contributed by atoms with E-state index >= 15 is 0 Å². The number of carboxylic acids is 1. The third kappa shape index (κ3) is 5.04. The van der Waals surface area contributed by atoms with E-state index < -0.39 is 18.5 Å². The highest BCUT2D eigenvalue weighted by atomic mass is 16.5. The summed E-state index contributed by atoms with van der Waals surface area (Å²) < 4.78 is 10.4. The van der Waals surface area contributed by atoms with Gasteiger partial charge in [-0.3, -0.25) is 9.59 Å². The van der Waals surface area contributed by atoms with Crippen LogP contribution in [0, 0.1) is 5.92 Å². The van der Waals surface area contributed by atoms with Gasteiger partial charge >= 0.3 is 5.97 Å². The van der Waals surface area contributed by atoms with Gasteiger partial charge in [-0.1, -0.05) is 18.2 Å². The van der Waals surface area contributed by atoms with Gasteiger partial charge in [-0.05, 0) is 30.3 Å². The highest BCUT2D eigenvalue weighted by Gasteiger charge is 2.35. The third-order valence-corrected chi connectivity index (χ3v) is 4.65. The van der Waals surface area contributed by atoms with Crippen molar-refractivity contribution in [2.45, 2.75) is 13.0 Å². The fourth-order valence-electron chi connectivity index (χ4n) is 3.18. The normalized spacial score (nSPS) is 15.8. The molecule has 0 bridgehead atoms. The summed E-state index contributed by atoms with van der Waals surface area (Å²) in [6.07, 6.45) is 0.134. The molecule has 0 radical (unpaired) electrons. The average molecular weight is 398 g/mol. The molecule has 0 aliphatic carbocycles. The van der Waals surface area contributed by atoms with Gasteiger partial charge in [-0.15, -0.1) is 0 Å². The number of amides is 2. The van der Waals surface area contributed by atoms with Gasteiger partial charge in [0.15, 0.2) is 6.61 Å². The number of nitrogens with one attached hydrogen (secondary N) is 1. The maximum atomic E-state index is 12.5. The van der Waals surface area contributed by atoms with Crippen LogP contribution in [-0.4, -0.2) is 43.2 Å². The number of carboxylic acid groups (broad SMARTS) is 1. The third-order valence-electron chi connectivity index (χ3n) is 4.65. The van der Waals surface area contributed by atoms with Crippen molar-refractivity contribution in [3.8, 4) is 11.5 Å². The van der Waals surface area contributed by atoms with Crippen LogP contribution in [0.1, 0.15) is 12.0 Å². The van der Waals surface area contributed by atoms with Crippen LogP contribution in [0.15, 0.2) is 48.5 Å². The molecule has 1 fully saturated rings. The van der Waals surface area contributed by atoms with Crippen LogP contribution in [0.4, 0.5) is 5.69 Å². The molecule has 8 heteroatoms. The van der Waals surface area contributed by atoms with Crippen LogP contribution >= 0.6 is 0 Å². The molecular weight excluding hydrogens is 376 g/mol. The van der Waals surface area contributed by atoms with Crippen LogP contribution in [0.25, 0.3) is 0 Å². The maximum Gasteiger partial charge on any atom is 0.341 e. The molecule has 1 aliphatic rings. The first-order valence-corrected chi connectivity index (χ1v) is 9.12. The molecule has 2 aromatic rings. The number of para-hydroxylation sites is 1. The Labute approximate surface area is 168 Å². The first kappa shape index (κ1) is 20.2. The van der Waals surface area contributed by atoms with E-state index in [-0.39, 0.29) is 24.8 Å². The Morgan fingerprint density at radius 2 is 1.90 bits per heavy atom. The Kier molecular flexibility index (Phi) is 6.33. The van der Waals surface area contributed by atoms with E-state index in [0.29, 0.717) is 23.7 Å². The molecule has 1 aliphatic heterocycles. The minimum absolute atomic E-state index is 0.134. The van der Waals surface area contributed by atoms with Crippen LogP contribution in [0.3, 0.4) is 0 Å². The Balaban J connectivity index is 1.58. The van der Waals surface area contributed by atoms with Crippen LogP contribution < -0.4 is 19.7 Å². The monoisotopic (exact) mass is 398 g/mol. The summed E-state index contributed by atoms with van der Waals surface area (Å²) in [5.74, 6) is -0.739. The molecule has 8 nitrogen and oxygen atoms in total. The van der Waals surface area contributed by atoms with Crippen molar-refractivity contribution < 1.29 is 29.0 Å². The molecule has 0 unspecified atom stereocenters. The molecule has 2 amide bonds. The maximum absolute atomic E-state index is 12.5. The van der Waals surface area contributed by atoms with Gasteiger partial charge in [0.2, 0.25) is 11.8 Å². The number of nitrogens with zero attached hydrogens (tertiary/aromatic N) is 1. The average Bonchev–Trinajstić information content (AvgIpc) is 3.12. The van der Waals surface area contributed by atoms with Crippen molar-refractivity contribution in [2.24, 2.45) is 5.92 Å². The smallest absolute Gasteiger partial charge is 0.341 e. The highest BCUT2D eigenvalue weighted by Crippen LogP contribution is 2.27. The van der Waals surface area contributed by atoms with Gasteiger partial charge in [0.25, 0.3) is 0 Å². The van der Waals surface area contributed by atoms with E-state index in [0.717, 1.165) is 5.56 Å². The fourth-order valence-corrected chi connectivity index (χ4v) is 3.18. The summed E-state index contributed by atoms with van der Waals surface area (Å²) in [7, 11) is 1.58. The van der Waals surface area contributed by atoms with Crippen molar-refractivity contribution in [2.75, 3.05) is 25.2 Å². The molecule has 0 saturated carbocycles. The van der Waals surface area contributed by atoms with E-state index in [9.17, 15) is 14.4 Å². The molecule has 0 spiro atoms. The predicted molar refractivity (Wildman–Crippen MR) is 105 cm³/mol. The highest BCUT2D eigenvalue weighted by molar-refractivity contribution is 6.00. The summed E-state index contributed by atoms with van der Waals surface area (Å²) in [4.78, 5) is 37.0. The Bertz CT molecular complexity index is 896. The molecule has 3 rings (SSSR count). The number of anilines is 1. The van der Waals surface area contributed by atoms with Gasteiger partial charge < -0.3 is 24.8 Å². The number of ether oxygens (including phenoxy) is 2. The quantitative estimate of drug-likeness (QED) is 0.703. The first-order chi connectivity index (χ1) is 14.0. The van der Waals surface area contributed by atoms with Crippen LogP contribution in [0.5, 0.6) is 11.5 Å². The van der Waals surface area contributed by atoms with Gasteiger partial charge in [-0.25, -0.2) is 4.79 Å². The molecule has 152 valence electrons. The van der Waals surface area contributed by atoms with E-state index in [1.165, 1.54) is 0 Å². The summed E-state index contributed by atoms with van der Waals surface area (Å²) in [5.41, 5.74) is 1.50. The van der Waals surface area contributed by atoms with E-state index in [2.05, 4.69) is 5.32 Å². The molecular formula is C21H22N2O6. The summed E-state index contributed by atoms with van der Waals surface area (Å²) in [6.45, 7) is 0.172. The Morgan fingerprint density at radius 1 is 1.17 bits per heavy atom. The number of methoxy groups -OCH3 is 1. The number of benzene rings is 2. The second kappa shape index (κ2) is 9.09. The lowest BCUT2D eigenvalue weighted by Crippen LogP contribution is -2.32. The topological polar surface area (TPSA) is 105 Å². The van der Waals surface area contributed by atoms with Crippen LogP contribution in [0.2, 0.25) is 0 Å². The molecule has 1 saturated heterocycles. The number of carbonyl (C=O) groups is 3. The summed E-state index contributed by atoms with van der Waals surface area (Å²) >= 11 is 0. The van der Waals surface area contributed by atoms with Crippen molar-refractivity contribution in [3.63, 3.8) is 0 Å². The molecule has 2 aromatic carbocycles. The summed E-state index contributed by atoms with van der Waals surface area (Å²) in [6, 6.07) is 14.0. The lowest BCUT2D eigenvalue weighted by molar-refractivity contribution is -0.139. The van der Waals surface area contributed by atoms with Crippen molar-refractivity contribution in [1.82, 2.24) is 5.32 Å². The fraction of sp³-hybridized carbons (Fsp3) is 0.286. The second-order valence-electron chi connectivity index (χ2n) is 6.61. The molecule has 1 atom stereocenters. The molecule has 1 heterocycles. The summed E-state index contributed by atoms with van der Waals surface area (Å²) in [5, 5.41) is 11.5. The number of aliphatic carboxylic acids is 1. The number of hydrogen-bond donors (Lipinski definition) is 2. The zero-order chi connectivity index (χ0) is 20.8. The Morgan fingerprint density at radius 3 is 2.59 bits per heavy atom. The number of hydrogen-bond acceptors (Lipinski definition) is 5. The molecule has 2 N–H and O–H groups in total. The van der Waals surface area contributed by atoms with Crippen molar-refractivity contribution >= 4 is 23.5 Å². The Hall–Kier alpha value is -3.55. The van der Waals surface area contributed by atoms with E-state index in [1.54, 1.807) is 36.3 Å². The van der Waals surface area contributed by atoms with Gasteiger partial charge in [-0.2, -0.15) is 0 Å². The van der Waals surface area contributed by atoms with Crippen LogP contribution in [-0.2, 0) is 20.9 Å². The van der Waals surface area contributed by atoms with Gasteiger partial charge in [0.05, 0.1) is 13.0 Å². The molecule has 29 heavy (non-hydrogen) atoms. The van der Waals surface area contributed by atoms with E-state index in [4.69, 9.17) is 14.6 Å². The standard InChI is InChI=1S/C21H22N2O6/c1-28-18-5-3-2-4-14(18)11-22-21(27)15-10-19(24)23(12-15)16-6-8-17(9-7-16)29-13-20(25)26/h2-9,15H,10-13H2,1H3,(H,22,27)(H,25,26)/t15-/m0/s1. The number of carbonyl (C=O) groups excluding carboxylic acids is 2. The first-order valence-electron chi connectivity index (χ1n) is 9.12. The van der Waals surface area contributed by atoms with Crippen molar-refractivity contribution in [3.05, 3.63) is 54.1 Å². The minimum atomic E-state index is -1.06. The van der Waals surface area contributed by atoms with Crippen molar-refractivity contribution in [1.29, 1.82) is 0 Å². The lowest BCUT2D eigenvalue weighted by atomic mass is 10.1. The minimum Gasteiger partial charge on any atom is -0.496 e. The zero-order valence-electron chi connectivity index (χ0n) is 16.0. The number of rotatable bonds is 8. The van der Waals surface area contributed by atoms with E-state index in [1.807, 2.05) is 24.3 Å².